The molecular weight excluding hydrogens is 286 g/mol. The lowest BCUT2D eigenvalue weighted by atomic mass is 9.79. The Kier molecular flexibility index (Phi) is 4.79. The number of rotatable bonds is 6. The molecule has 1 aromatic heterocycles. The van der Waals surface area contributed by atoms with Crippen LogP contribution >= 0.6 is 0 Å². The summed E-state index contributed by atoms with van der Waals surface area (Å²) in [6, 6.07) is 12.6. The van der Waals surface area contributed by atoms with Gasteiger partial charge in [0, 0.05) is 31.1 Å². The van der Waals surface area contributed by atoms with Gasteiger partial charge in [0.05, 0.1) is 5.69 Å². The fourth-order valence-corrected chi connectivity index (χ4v) is 3.57. The summed E-state index contributed by atoms with van der Waals surface area (Å²) in [5, 5.41) is 7.48. The van der Waals surface area contributed by atoms with Crippen molar-refractivity contribution in [2.45, 2.75) is 51.0 Å². The first-order valence-corrected chi connectivity index (χ1v) is 8.50. The number of nitrogens with zero attached hydrogens (tertiary/aromatic N) is 2. The number of carbonyl (C=O) groups is 1. The second kappa shape index (κ2) is 6.99. The lowest BCUT2D eigenvalue weighted by molar-refractivity contribution is -0.121. The minimum atomic E-state index is 0.111. The van der Waals surface area contributed by atoms with Crippen LogP contribution in [0.15, 0.2) is 42.6 Å². The molecule has 1 heterocycles. The van der Waals surface area contributed by atoms with Gasteiger partial charge >= 0.3 is 0 Å². The highest BCUT2D eigenvalue weighted by molar-refractivity contribution is 5.75. The van der Waals surface area contributed by atoms with Crippen molar-refractivity contribution >= 4 is 5.91 Å². The summed E-state index contributed by atoms with van der Waals surface area (Å²) in [5.41, 5.74) is 2.47. The standard InChI is InChI=1S/C19H25N3O/c1-16-9-13-22(21-16)14-10-18(23)20-15-19(11-5-6-12-19)17-7-3-2-4-8-17/h2-4,7-9,13H,5-6,10-12,14-15H2,1H3,(H,20,23). The van der Waals surface area contributed by atoms with E-state index in [2.05, 4.69) is 40.7 Å². The fraction of sp³-hybridized carbons (Fsp3) is 0.474. The van der Waals surface area contributed by atoms with Gasteiger partial charge in [-0.2, -0.15) is 5.10 Å². The van der Waals surface area contributed by atoms with Gasteiger partial charge in [-0.1, -0.05) is 43.2 Å². The molecule has 1 aliphatic carbocycles. The smallest absolute Gasteiger partial charge is 0.221 e. The maximum atomic E-state index is 12.2. The highest BCUT2D eigenvalue weighted by Gasteiger charge is 2.35. The molecule has 4 heteroatoms. The Labute approximate surface area is 137 Å². The lowest BCUT2D eigenvalue weighted by Crippen LogP contribution is -2.39. The average Bonchev–Trinajstić information content (AvgIpc) is 3.22. The third-order valence-electron chi connectivity index (χ3n) is 4.91. The van der Waals surface area contributed by atoms with Gasteiger partial charge in [0.25, 0.3) is 0 Å². The van der Waals surface area contributed by atoms with Crippen molar-refractivity contribution in [3.05, 3.63) is 53.9 Å². The number of aryl methyl sites for hydroxylation is 2. The zero-order valence-corrected chi connectivity index (χ0v) is 13.8. The largest absolute Gasteiger partial charge is 0.355 e. The van der Waals surface area contributed by atoms with E-state index in [9.17, 15) is 4.79 Å². The summed E-state index contributed by atoms with van der Waals surface area (Å²) in [6.07, 6.45) is 7.22. The van der Waals surface area contributed by atoms with Gasteiger partial charge in [-0.3, -0.25) is 9.48 Å². The van der Waals surface area contributed by atoms with Crippen molar-refractivity contribution in [2.75, 3.05) is 6.54 Å². The van der Waals surface area contributed by atoms with Gasteiger partial charge in [-0.15, -0.1) is 0 Å². The van der Waals surface area contributed by atoms with Crippen LogP contribution in [0.5, 0.6) is 0 Å². The Balaban J connectivity index is 1.56. The van der Waals surface area contributed by atoms with E-state index in [-0.39, 0.29) is 11.3 Å². The Morgan fingerprint density at radius 3 is 2.61 bits per heavy atom. The van der Waals surface area contributed by atoms with Crippen LogP contribution in [0.25, 0.3) is 0 Å². The van der Waals surface area contributed by atoms with Gasteiger partial charge in [-0.25, -0.2) is 0 Å². The van der Waals surface area contributed by atoms with Crippen molar-refractivity contribution in [2.24, 2.45) is 0 Å². The normalized spacial score (nSPS) is 16.4. The van der Waals surface area contributed by atoms with E-state index in [1.807, 2.05) is 23.9 Å². The molecule has 4 nitrogen and oxygen atoms in total. The molecule has 1 aliphatic rings. The quantitative estimate of drug-likeness (QED) is 0.890. The zero-order valence-electron chi connectivity index (χ0n) is 13.8. The molecule has 1 fully saturated rings. The fourth-order valence-electron chi connectivity index (χ4n) is 3.57. The lowest BCUT2D eigenvalue weighted by Gasteiger charge is -2.30. The van der Waals surface area contributed by atoms with E-state index >= 15 is 0 Å². The summed E-state index contributed by atoms with van der Waals surface area (Å²) < 4.78 is 1.83. The molecule has 0 atom stereocenters. The van der Waals surface area contributed by atoms with E-state index < -0.39 is 0 Å². The molecule has 1 N–H and O–H groups in total. The van der Waals surface area contributed by atoms with E-state index in [1.54, 1.807) is 0 Å². The number of aromatic nitrogens is 2. The minimum Gasteiger partial charge on any atom is -0.355 e. The van der Waals surface area contributed by atoms with Crippen molar-refractivity contribution in [3.63, 3.8) is 0 Å². The number of hydrogen-bond donors (Lipinski definition) is 1. The first-order chi connectivity index (χ1) is 11.2. The van der Waals surface area contributed by atoms with Crippen molar-refractivity contribution in [1.82, 2.24) is 15.1 Å². The van der Waals surface area contributed by atoms with E-state index in [0.717, 1.165) is 25.1 Å². The zero-order chi connectivity index (χ0) is 16.1. The molecule has 1 aromatic carbocycles. The van der Waals surface area contributed by atoms with Crippen molar-refractivity contribution < 1.29 is 4.79 Å². The molecular formula is C19H25N3O. The van der Waals surface area contributed by atoms with Gasteiger partial charge in [-0.05, 0) is 31.4 Å². The first-order valence-electron chi connectivity index (χ1n) is 8.50. The summed E-state index contributed by atoms with van der Waals surface area (Å²) in [6.45, 7) is 3.34. The predicted octanol–water partition coefficient (Wildman–Crippen LogP) is 3.21. The number of carbonyl (C=O) groups excluding carboxylic acids is 1. The maximum absolute atomic E-state index is 12.2. The molecule has 0 unspecified atom stereocenters. The third-order valence-corrected chi connectivity index (χ3v) is 4.91. The van der Waals surface area contributed by atoms with Crippen LogP contribution in [-0.2, 0) is 16.8 Å². The summed E-state index contributed by atoms with van der Waals surface area (Å²) >= 11 is 0. The Hall–Kier alpha value is -2.10. The Morgan fingerprint density at radius 2 is 1.96 bits per heavy atom. The number of benzene rings is 1. The molecule has 23 heavy (non-hydrogen) atoms. The van der Waals surface area contributed by atoms with Gasteiger partial charge in [0.1, 0.15) is 0 Å². The molecule has 0 saturated heterocycles. The molecule has 0 radical (unpaired) electrons. The molecule has 0 aliphatic heterocycles. The molecule has 1 saturated carbocycles. The summed E-state index contributed by atoms with van der Waals surface area (Å²) in [4.78, 5) is 12.2. The second-order valence-electron chi connectivity index (χ2n) is 6.60. The van der Waals surface area contributed by atoms with Crippen LogP contribution in [0.1, 0.15) is 43.4 Å². The van der Waals surface area contributed by atoms with Crippen LogP contribution < -0.4 is 5.32 Å². The molecule has 3 rings (SSSR count). The van der Waals surface area contributed by atoms with E-state index in [0.29, 0.717) is 13.0 Å². The van der Waals surface area contributed by atoms with Crippen LogP contribution in [0.4, 0.5) is 0 Å². The predicted molar refractivity (Wildman–Crippen MR) is 91.2 cm³/mol. The van der Waals surface area contributed by atoms with E-state index in [1.165, 1.54) is 18.4 Å². The maximum Gasteiger partial charge on any atom is 0.221 e. The molecule has 1 amide bonds. The van der Waals surface area contributed by atoms with Crippen LogP contribution in [0.3, 0.4) is 0 Å². The van der Waals surface area contributed by atoms with Gasteiger partial charge in [0.2, 0.25) is 5.91 Å². The molecule has 2 aromatic rings. The van der Waals surface area contributed by atoms with Crippen LogP contribution in [0, 0.1) is 6.92 Å². The number of hydrogen-bond acceptors (Lipinski definition) is 2. The SMILES string of the molecule is Cc1ccn(CCC(=O)NCC2(c3ccccc3)CCCC2)n1. The van der Waals surface area contributed by atoms with Crippen LogP contribution in [0.2, 0.25) is 0 Å². The van der Waals surface area contributed by atoms with Crippen molar-refractivity contribution in [1.29, 1.82) is 0 Å². The molecule has 122 valence electrons. The van der Waals surface area contributed by atoms with Crippen LogP contribution in [-0.4, -0.2) is 22.2 Å². The highest BCUT2D eigenvalue weighted by Crippen LogP contribution is 2.40. The van der Waals surface area contributed by atoms with E-state index in [4.69, 9.17) is 0 Å². The molecule has 0 spiro atoms. The Morgan fingerprint density at radius 1 is 1.22 bits per heavy atom. The van der Waals surface area contributed by atoms with Gasteiger partial charge in [0.15, 0.2) is 0 Å². The monoisotopic (exact) mass is 311 g/mol. The second-order valence-corrected chi connectivity index (χ2v) is 6.60. The summed E-state index contributed by atoms with van der Waals surface area (Å²) in [7, 11) is 0. The first kappa shape index (κ1) is 15.8. The highest BCUT2D eigenvalue weighted by atomic mass is 16.1. The third kappa shape index (κ3) is 3.81. The molecule has 0 bridgehead atoms. The minimum absolute atomic E-state index is 0.111. The number of amides is 1. The van der Waals surface area contributed by atoms with Crippen molar-refractivity contribution in [3.8, 4) is 0 Å². The topological polar surface area (TPSA) is 46.9 Å². The summed E-state index contributed by atoms with van der Waals surface area (Å²) in [5.74, 6) is 0.111. The number of nitrogens with one attached hydrogen (secondary N) is 1. The Bertz CT molecular complexity index is 642. The van der Waals surface area contributed by atoms with Gasteiger partial charge < -0.3 is 5.32 Å². The average molecular weight is 311 g/mol.